The summed E-state index contributed by atoms with van der Waals surface area (Å²) < 4.78 is 15.7. The van der Waals surface area contributed by atoms with E-state index < -0.39 is 0 Å². The van der Waals surface area contributed by atoms with E-state index in [1.807, 2.05) is 37.4 Å². The molecule has 28 heavy (non-hydrogen) atoms. The van der Waals surface area contributed by atoms with E-state index in [1.54, 1.807) is 16.9 Å². The molecule has 2 N–H and O–H groups in total. The third-order valence-corrected chi connectivity index (χ3v) is 5.20. The Kier molecular flexibility index (Phi) is 5.25. The van der Waals surface area contributed by atoms with Crippen molar-refractivity contribution >= 4 is 22.6 Å². The van der Waals surface area contributed by atoms with Gasteiger partial charge in [-0.1, -0.05) is 18.2 Å². The number of hydrogen-bond acceptors (Lipinski definition) is 3. The Morgan fingerprint density at radius 1 is 1.29 bits per heavy atom. The van der Waals surface area contributed by atoms with E-state index in [0.717, 1.165) is 36.0 Å². The topological polar surface area (TPSA) is 62.2 Å². The molecule has 1 aliphatic rings. The van der Waals surface area contributed by atoms with E-state index in [1.165, 1.54) is 6.07 Å². The number of nitrogens with one attached hydrogen (secondary N) is 2. The number of carbonyl (C=O) groups is 1. The summed E-state index contributed by atoms with van der Waals surface area (Å²) in [6.45, 7) is 2.18. The molecule has 1 aromatic heterocycles. The van der Waals surface area contributed by atoms with Crippen molar-refractivity contribution in [1.29, 1.82) is 0 Å². The first-order valence-electron chi connectivity index (χ1n) is 9.53. The largest absolute Gasteiger partial charge is 0.334 e. The number of urea groups is 1. The smallest absolute Gasteiger partial charge is 0.319 e. The van der Waals surface area contributed by atoms with Crippen LogP contribution >= 0.6 is 0 Å². The molecule has 0 bridgehead atoms. The molecule has 0 saturated carbocycles. The van der Waals surface area contributed by atoms with Crippen LogP contribution < -0.4 is 10.6 Å². The average Bonchev–Trinajstić information content (AvgIpc) is 3.04. The van der Waals surface area contributed by atoms with Crippen molar-refractivity contribution in [2.75, 3.05) is 18.4 Å². The predicted molar refractivity (Wildman–Crippen MR) is 108 cm³/mol. The van der Waals surface area contributed by atoms with Crippen LogP contribution in [-0.4, -0.2) is 39.8 Å². The van der Waals surface area contributed by atoms with Crippen LogP contribution in [0.25, 0.3) is 10.9 Å². The van der Waals surface area contributed by atoms with Gasteiger partial charge in [0.1, 0.15) is 5.82 Å². The van der Waals surface area contributed by atoms with Crippen molar-refractivity contribution in [1.82, 2.24) is 20.0 Å². The summed E-state index contributed by atoms with van der Waals surface area (Å²) in [5.74, 6) is -0.180. The van der Waals surface area contributed by atoms with Crippen LogP contribution in [0.3, 0.4) is 0 Å². The third kappa shape index (κ3) is 4.14. The van der Waals surface area contributed by atoms with Crippen molar-refractivity contribution in [2.45, 2.75) is 25.4 Å². The number of hydrogen-bond donors (Lipinski definition) is 2. The SMILES string of the molecule is Cn1ncc2cc(NC(=O)N[C@@H]3CCCN(Cc4ccccc4F)C3)ccc21. The summed E-state index contributed by atoms with van der Waals surface area (Å²) >= 11 is 0. The summed E-state index contributed by atoms with van der Waals surface area (Å²) in [6.07, 6.45) is 3.67. The third-order valence-electron chi connectivity index (χ3n) is 5.20. The van der Waals surface area contributed by atoms with E-state index in [-0.39, 0.29) is 17.9 Å². The number of anilines is 1. The van der Waals surface area contributed by atoms with Crippen LogP contribution in [0, 0.1) is 5.82 Å². The van der Waals surface area contributed by atoms with Crippen LogP contribution in [0.5, 0.6) is 0 Å². The number of nitrogens with zero attached hydrogens (tertiary/aromatic N) is 3. The second-order valence-electron chi connectivity index (χ2n) is 7.31. The highest BCUT2D eigenvalue weighted by Gasteiger charge is 2.22. The second kappa shape index (κ2) is 7.98. The minimum absolute atomic E-state index is 0.0441. The Balaban J connectivity index is 1.33. The summed E-state index contributed by atoms with van der Waals surface area (Å²) in [6, 6.07) is 12.4. The lowest BCUT2D eigenvalue weighted by Gasteiger charge is -2.33. The maximum Gasteiger partial charge on any atom is 0.319 e. The molecule has 2 heterocycles. The van der Waals surface area contributed by atoms with Gasteiger partial charge in [-0.05, 0) is 43.7 Å². The van der Waals surface area contributed by atoms with Crippen LogP contribution in [0.15, 0.2) is 48.7 Å². The minimum Gasteiger partial charge on any atom is -0.334 e. The average molecular weight is 381 g/mol. The number of aryl methyl sites for hydroxylation is 1. The summed E-state index contributed by atoms with van der Waals surface area (Å²) in [5, 5.41) is 11.1. The molecule has 1 fully saturated rings. The molecule has 1 atom stereocenters. The molecule has 7 heteroatoms. The molecular weight excluding hydrogens is 357 g/mol. The van der Waals surface area contributed by atoms with Crippen molar-refractivity contribution < 1.29 is 9.18 Å². The van der Waals surface area contributed by atoms with Crippen molar-refractivity contribution in [3.63, 3.8) is 0 Å². The Labute approximate surface area is 163 Å². The lowest BCUT2D eigenvalue weighted by Crippen LogP contribution is -2.48. The fourth-order valence-corrected chi connectivity index (χ4v) is 3.78. The van der Waals surface area contributed by atoms with Crippen LogP contribution in [-0.2, 0) is 13.6 Å². The zero-order valence-corrected chi connectivity index (χ0v) is 15.9. The maximum absolute atomic E-state index is 13.9. The lowest BCUT2D eigenvalue weighted by atomic mass is 10.0. The highest BCUT2D eigenvalue weighted by molar-refractivity contribution is 5.92. The van der Waals surface area contributed by atoms with E-state index in [4.69, 9.17) is 0 Å². The van der Waals surface area contributed by atoms with Gasteiger partial charge in [0.15, 0.2) is 0 Å². The van der Waals surface area contributed by atoms with Gasteiger partial charge in [0.05, 0.1) is 11.7 Å². The minimum atomic E-state index is -0.221. The van der Waals surface area contributed by atoms with Gasteiger partial charge in [0, 0.05) is 42.8 Å². The van der Waals surface area contributed by atoms with E-state index in [0.29, 0.717) is 18.7 Å². The second-order valence-corrected chi connectivity index (χ2v) is 7.31. The maximum atomic E-state index is 13.9. The molecular formula is C21H24FN5O. The van der Waals surface area contributed by atoms with Gasteiger partial charge < -0.3 is 10.6 Å². The van der Waals surface area contributed by atoms with Gasteiger partial charge in [0.2, 0.25) is 0 Å². The molecule has 1 saturated heterocycles. The summed E-state index contributed by atoms with van der Waals surface area (Å²) in [5.41, 5.74) is 2.44. The highest BCUT2D eigenvalue weighted by Crippen LogP contribution is 2.19. The molecule has 2 amide bonds. The Bertz CT molecular complexity index is 986. The number of likely N-dealkylation sites (tertiary alicyclic amines) is 1. The van der Waals surface area contributed by atoms with Gasteiger partial charge in [-0.2, -0.15) is 5.10 Å². The number of carbonyl (C=O) groups excluding carboxylic acids is 1. The molecule has 6 nitrogen and oxygen atoms in total. The molecule has 0 spiro atoms. The van der Waals surface area contributed by atoms with Crippen LogP contribution in [0.1, 0.15) is 18.4 Å². The quantitative estimate of drug-likeness (QED) is 0.727. The van der Waals surface area contributed by atoms with E-state index in [9.17, 15) is 9.18 Å². The fraction of sp³-hybridized carbons (Fsp3) is 0.333. The molecule has 146 valence electrons. The number of benzene rings is 2. The number of halogens is 1. The molecule has 0 aliphatic carbocycles. The number of aromatic nitrogens is 2. The number of amides is 2. The Morgan fingerprint density at radius 2 is 2.14 bits per heavy atom. The van der Waals surface area contributed by atoms with Gasteiger partial charge in [-0.25, -0.2) is 9.18 Å². The monoisotopic (exact) mass is 381 g/mol. The van der Waals surface area contributed by atoms with Gasteiger partial charge >= 0.3 is 6.03 Å². The van der Waals surface area contributed by atoms with E-state index in [2.05, 4.69) is 20.6 Å². The van der Waals surface area contributed by atoms with Gasteiger partial charge in [-0.3, -0.25) is 9.58 Å². The van der Waals surface area contributed by atoms with E-state index >= 15 is 0 Å². The highest BCUT2D eigenvalue weighted by atomic mass is 19.1. The first kappa shape index (κ1) is 18.4. The number of piperidine rings is 1. The normalized spacial score (nSPS) is 17.6. The van der Waals surface area contributed by atoms with Crippen LogP contribution in [0.2, 0.25) is 0 Å². The molecule has 3 aromatic rings. The summed E-state index contributed by atoms with van der Waals surface area (Å²) in [4.78, 5) is 14.6. The molecule has 0 radical (unpaired) electrons. The first-order chi connectivity index (χ1) is 13.6. The lowest BCUT2D eigenvalue weighted by molar-refractivity contribution is 0.182. The van der Waals surface area contributed by atoms with Crippen molar-refractivity contribution in [3.05, 3.63) is 60.0 Å². The predicted octanol–water partition coefficient (Wildman–Crippen LogP) is 3.50. The Morgan fingerprint density at radius 3 is 3.00 bits per heavy atom. The molecule has 0 unspecified atom stereocenters. The zero-order chi connectivity index (χ0) is 19.5. The number of rotatable bonds is 4. The van der Waals surface area contributed by atoms with Gasteiger partial charge in [-0.15, -0.1) is 0 Å². The molecule has 1 aliphatic heterocycles. The molecule has 4 rings (SSSR count). The zero-order valence-electron chi connectivity index (χ0n) is 15.9. The van der Waals surface area contributed by atoms with Crippen LogP contribution in [0.4, 0.5) is 14.9 Å². The number of fused-ring (bicyclic) bond motifs is 1. The molecule has 2 aromatic carbocycles. The standard InChI is InChI=1S/C21H24FN5O/c1-26-20-9-8-17(11-16(20)12-23-26)24-21(28)25-18-6-4-10-27(14-18)13-15-5-2-3-7-19(15)22/h2-3,5,7-9,11-12,18H,4,6,10,13-14H2,1H3,(H2,24,25,28)/t18-/m1/s1. The van der Waals surface area contributed by atoms with Gasteiger partial charge in [0.25, 0.3) is 0 Å². The van der Waals surface area contributed by atoms with Crippen molar-refractivity contribution in [2.24, 2.45) is 7.05 Å². The first-order valence-corrected chi connectivity index (χ1v) is 9.53. The summed E-state index contributed by atoms with van der Waals surface area (Å²) in [7, 11) is 1.89. The van der Waals surface area contributed by atoms with Crippen molar-refractivity contribution in [3.8, 4) is 0 Å². The Hall–Kier alpha value is -2.93. The fourth-order valence-electron chi connectivity index (χ4n) is 3.78.